The van der Waals surface area contributed by atoms with Gasteiger partial charge in [0.25, 0.3) is 0 Å². The van der Waals surface area contributed by atoms with Gasteiger partial charge in [0, 0.05) is 12.7 Å². The second-order valence-corrected chi connectivity index (χ2v) is 4.90. The summed E-state index contributed by atoms with van der Waals surface area (Å²) in [7, 11) is 1.53. The van der Waals surface area contributed by atoms with E-state index in [1.807, 2.05) is 0 Å². The number of anilines is 1. The molecule has 0 saturated carbocycles. The third-order valence-corrected chi connectivity index (χ3v) is 3.42. The molecule has 0 heterocycles. The Bertz CT molecular complexity index is 674. The lowest BCUT2D eigenvalue weighted by atomic mass is 10.1. The van der Waals surface area contributed by atoms with Gasteiger partial charge in [0.1, 0.15) is 5.82 Å². The Labute approximate surface area is 126 Å². The highest BCUT2D eigenvalue weighted by atomic mass is 19.2. The molecule has 2 aromatic carbocycles. The molecular formula is C16H15F3N2O. The Morgan fingerprint density at radius 1 is 1.05 bits per heavy atom. The molecule has 22 heavy (non-hydrogen) atoms. The van der Waals surface area contributed by atoms with E-state index in [-0.39, 0.29) is 0 Å². The SMILES string of the molecule is CC(c1ccc(F)c(F)c1)N(C)C(=O)Nc1ccc(F)cc1. The maximum Gasteiger partial charge on any atom is 0.322 e. The molecule has 2 aromatic rings. The Morgan fingerprint density at radius 2 is 1.68 bits per heavy atom. The summed E-state index contributed by atoms with van der Waals surface area (Å²) in [6, 6.07) is 7.92. The molecule has 0 bridgehead atoms. The lowest BCUT2D eigenvalue weighted by Crippen LogP contribution is -2.33. The number of rotatable bonds is 3. The van der Waals surface area contributed by atoms with Gasteiger partial charge in [0.15, 0.2) is 11.6 Å². The summed E-state index contributed by atoms with van der Waals surface area (Å²) in [6.45, 7) is 1.69. The Kier molecular flexibility index (Phi) is 4.70. The van der Waals surface area contributed by atoms with Crippen LogP contribution in [0.1, 0.15) is 18.5 Å². The van der Waals surface area contributed by atoms with Crippen molar-refractivity contribution < 1.29 is 18.0 Å². The van der Waals surface area contributed by atoms with Gasteiger partial charge < -0.3 is 10.2 Å². The van der Waals surface area contributed by atoms with Crippen LogP contribution in [0.3, 0.4) is 0 Å². The molecule has 0 spiro atoms. The zero-order valence-electron chi connectivity index (χ0n) is 12.1. The van der Waals surface area contributed by atoms with E-state index in [1.165, 1.54) is 42.3 Å². The largest absolute Gasteiger partial charge is 0.322 e. The van der Waals surface area contributed by atoms with E-state index in [1.54, 1.807) is 6.92 Å². The monoisotopic (exact) mass is 308 g/mol. The number of nitrogens with one attached hydrogen (secondary N) is 1. The van der Waals surface area contributed by atoms with Crippen LogP contribution in [-0.2, 0) is 0 Å². The summed E-state index contributed by atoms with van der Waals surface area (Å²) in [5.74, 6) is -2.30. The average molecular weight is 308 g/mol. The smallest absolute Gasteiger partial charge is 0.321 e. The molecule has 0 aliphatic rings. The molecule has 0 aromatic heterocycles. The zero-order chi connectivity index (χ0) is 16.3. The number of hydrogen-bond donors (Lipinski definition) is 1. The van der Waals surface area contributed by atoms with Crippen LogP contribution in [0.2, 0.25) is 0 Å². The molecule has 0 saturated heterocycles. The Morgan fingerprint density at radius 3 is 2.27 bits per heavy atom. The van der Waals surface area contributed by atoms with Gasteiger partial charge in [-0.3, -0.25) is 0 Å². The Hall–Kier alpha value is -2.50. The van der Waals surface area contributed by atoms with Crippen LogP contribution in [0.25, 0.3) is 0 Å². The van der Waals surface area contributed by atoms with Crippen molar-refractivity contribution in [3.05, 3.63) is 65.5 Å². The number of halogens is 3. The van der Waals surface area contributed by atoms with E-state index in [0.717, 1.165) is 12.1 Å². The third kappa shape index (κ3) is 3.58. The average Bonchev–Trinajstić information content (AvgIpc) is 2.50. The van der Waals surface area contributed by atoms with E-state index in [4.69, 9.17) is 0 Å². The molecular weight excluding hydrogens is 293 g/mol. The molecule has 0 radical (unpaired) electrons. The first kappa shape index (κ1) is 15.9. The molecule has 0 aliphatic carbocycles. The quantitative estimate of drug-likeness (QED) is 0.899. The van der Waals surface area contributed by atoms with Crippen molar-refractivity contribution in [3.8, 4) is 0 Å². The number of amides is 2. The predicted octanol–water partition coefficient (Wildman–Crippen LogP) is 4.33. The van der Waals surface area contributed by atoms with Crippen LogP contribution in [0, 0.1) is 17.5 Å². The minimum atomic E-state index is -0.961. The van der Waals surface area contributed by atoms with Crippen molar-refractivity contribution in [3.63, 3.8) is 0 Å². The van der Waals surface area contributed by atoms with Gasteiger partial charge in [-0.25, -0.2) is 18.0 Å². The summed E-state index contributed by atoms with van der Waals surface area (Å²) in [5.41, 5.74) is 0.909. The first-order valence-corrected chi connectivity index (χ1v) is 6.63. The van der Waals surface area contributed by atoms with Gasteiger partial charge >= 0.3 is 6.03 Å². The fraction of sp³-hybridized carbons (Fsp3) is 0.188. The van der Waals surface area contributed by atoms with E-state index in [0.29, 0.717) is 11.3 Å². The predicted molar refractivity (Wildman–Crippen MR) is 78.0 cm³/mol. The van der Waals surface area contributed by atoms with Gasteiger partial charge in [0.05, 0.1) is 6.04 Å². The number of carbonyl (C=O) groups excluding carboxylic acids is 1. The van der Waals surface area contributed by atoms with Crippen LogP contribution < -0.4 is 5.32 Å². The molecule has 1 N–H and O–H groups in total. The van der Waals surface area contributed by atoms with Gasteiger partial charge in [-0.1, -0.05) is 6.07 Å². The topological polar surface area (TPSA) is 32.3 Å². The van der Waals surface area contributed by atoms with Crippen molar-refractivity contribution in [1.82, 2.24) is 4.90 Å². The Balaban J connectivity index is 2.08. The standard InChI is InChI=1S/C16H15F3N2O/c1-10(11-3-8-14(18)15(19)9-11)21(2)16(22)20-13-6-4-12(17)5-7-13/h3-10H,1-2H3,(H,20,22). The summed E-state index contributed by atoms with van der Waals surface area (Å²) >= 11 is 0. The number of hydrogen-bond acceptors (Lipinski definition) is 1. The first-order valence-electron chi connectivity index (χ1n) is 6.63. The lowest BCUT2D eigenvalue weighted by Gasteiger charge is -2.25. The zero-order valence-corrected chi connectivity index (χ0v) is 12.1. The second kappa shape index (κ2) is 6.51. The van der Waals surface area contributed by atoms with Gasteiger partial charge in [-0.2, -0.15) is 0 Å². The number of nitrogens with zero attached hydrogens (tertiary/aromatic N) is 1. The fourth-order valence-corrected chi connectivity index (χ4v) is 1.92. The van der Waals surface area contributed by atoms with Crippen molar-refractivity contribution in [2.75, 3.05) is 12.4 Å². The van der Waals surface area contributed by atoms with Crippen LogP contribution >= 0.6 is 0 Å². The van der Waals surface area contributed by atoms with Crippen LogP contribution in [0.4, 0.5) is 23.7 Å². The number of carbonyl (C=O) groups is 1. The van der Waals surface area contributed by atoms with Crippen molar-refractivity contribution in [1.29, 1.82) is 0 Å². The van der Waals surface area contributed by atoms with Crippen molar-refractivity contribution in [2.45, 2.75) is 13.0 Å². The van der Waals surface area contributed by atoms with Gasteiger partial charge in [-0.15, -0.1) is 0 Å². The minimum Gasteiger partial charge on any atom is -0.321 e. The van der Waals surface area contributed by atoms with Gasteiger partial charge in [-0.05, 0) is 48.9 Å². The van der Waals surface area contributed by atoms with Gasteiger partial charge in [0.2, 0.25) is 0 Å². The first-order chi connectivity index (χ1) is 10.4. The molecule has 0 aliphatic heterocycles. The summed E-state index contributed by atoms with van der Waals surface area (Å²) < 4.78 is 39.0. The van der Waals surface area contributed by atoms with E-state index in [9.17, 15) is 18.0 Å². The highest BCUT2D eigenvalue weighted by Gasteiger charge is 2.18. The molecule has 6 heteroatoms. The minimum absolute atomic E-state index is 0.401. The maximum absolute atomic E-state index is 13.3. The molecule has 2 rings (SSSR count). The number of benzene rings is 2. The normalized spacial score (nSPS) is 11.9. The van der Waals surface area contributed by atoms with E-state index < -0.39 is 29.5 Å². The second-order valence-electron chi connectivity index (χ2n) is 4.90. The van der Waals surface area contributed by atoms with E-state index in [2.05, 4.69) is 5.32 Å². The molecule has 2 amide bonds. The highest BCUT2D eigenvalue weighted by molar-refractivity contribution is 5.89. The van der Waals surface area contributed by atoms with Crippen LogP contribution in [0.15, 0.2) is 42.5 Å². The molecule has 1 atom stereocenters. The molecule has 0 fully saturated rings. The van der Waals surface area contributed by atoms with Crippen molar-refractivity contribution >= 4 is 11.7 Å². The molecule has 1 unspecified atom stereocenters. The summed E-state index contributed by atoms with van der Waals surface area (Å²) in [5, 5.41) is 2.60. The fourth-order valence-electron chi connectivity index (χ4n) is 1.92. The van der Waals surface area contributed by atoms with E-state index >= 15 is 0 Å². The lowest BCUT2D eigenvalue weighted by molar-refractivity contribution is 0.208. The van der Waals surface area contributed by atoms with Crippen molar-refractivity contribution in [2.24, 2.45) is 0 Å². The number of urea groups is 1. The summed E-state index contributed by atoms with van der Waals surface area (Å²) in [4.78, 5) is 13.5. The third-order valence-electron chi connectivity index (χ3n) is 3.42. The maximum atomic E-state index is 13.3. The van der Waals surface area contributed by atoms with Crippen LogP contribution in [-0.4, -0.2) is 18.0 Å². The molecule has 3 nitrogen and oxygen atoms in total. The highest BCUT2D eigenvalue weighted by Crippen LogP contribution is 2.21. The summed E-state index contributed by atoms with van der Waals surface area (Å²) in [6.07, 6.45) is 0. The van der Waals surface area contributed by atoms with Crippen LogP contribution in [0.5, 0.6) is 0 Å². The molecule has 116 valence electrons.